The Balaban J connectivity index is 1.66. The molecule has 4 aromatic rings. The van der Waals surface area contributed by atoms with Crippen molar-refractivity contribution in [3.05, 3.63) is 82.5 Å². The minimum Gasteiger partial charge on any atom is -0.467 e. The van der Waals surface area contributed by atoms with Crippen molar-refractivity contribution in [1.29, 1.82) is 0 Å². The number of halogens is 2. The summed E-state index contributed by atoms with van der Waals surface area (Å²) in [6.07, 6.45) is 3.33. The molecule has 27 heavy (non-hydrogen) atoms. The van der Waals surface area contributed by atoms with Gasteiger partial charge in [0.2, 0.25) is 0 Å². The van der Waals surface area contributed by atoms with E-state index in [0.29, 0.717) is 22.5 Å². The van der Waals surface area contributed by atoms with E-state index < -0.39 is 0 Å². The minimum absolute atomic E-state index is 0.500. The summed E-state index contributed by atoms with van der Waals surface area (Å²) in [5.41, 5.74) is 1.88. The SMILES string of the molecule is Clc1ccc(-c2nnc(SCc3cccnc3Cl)n2Cc2ccco2)cc1. The molecule has 5 nitrogen and oxygen atoms in total. The largest absolute Gasteiger partial charge is 0.467 e. The molecule has 0 saturated carbocycles. The summed E-state index contributed by atoms with van der Waals surface area (Å²) >= 11 is 13.7. The fraction of sp³-hybridized carbons (Fsp3) is 0.105. The first-order valence-electron chi connectivity index (χ1n) is 8.14. The van der Waals surface area contributed by atoms with Crippen molar-refractivity contribution in [2.24, 2.45) is 0 Å². The lowest BCUT2D eigenvalue weighted by molar-refractivity contribution is 0.485. The van der Waals surface area contributed by atoms with Crippen LogP contribution in [0.4, 0.5) is 0 Å². The second kappa shape index (κ2) is 8.17. The third-order valence-electron chi connectivity index (χ3n) is 3.91. The van der Waals surface area contributed by atoms with Crippen molar-refractivity contribution in [2.75, 3.05) is 0 Å². The first-order chi connectivity index (χ1) is 13.2. The fourth-order valence-corrected chi connectivity index (χ4v) is 3.89. The second-order valence-electron chi connectivity index (χ2n) is 5.72. The summed E-state index contributed by atoms with van der Waals surface area (Å²) in [6.45, 7) is 0.529. The number of hydrogen-bond acceptors (Lipinski definition) is 5. The summed E-state index contributed by atoms with van der Waals surface area (Å²) in [6, 6.07) is 15.1. The Morgan fingerprint density at radius 1 is 1.00 bits per heavy atom. The monoisotopic (exact) mass is 416 g/mol. The van der Waals surface area contributed by atoms with E-state index in [9.17, 15) is 0 Å². The average Bonchev–Trinajstić information content (AvgIpc) is 3.33. The smallest absolute Gasteiger partial charge is 0.192 e. The molecule has 136 valence electrons. The minimum atomic E-state index is 0.500. The Morgan fingerprint density at radius 3 is 2.59 bits per heavy atom. The number of hydrogen-bond donors (Lipinski definition) is 0. The van der Waals surface area contributed by atoms with Crippen LogP contribution in [-0.4, -0.2) is 19.7 Å². The molecule has 0 bridgehead atoms. The van der Waals surface area contributed by atoms with E-state index in [2.05, 4.69) is 15.2 Å². The lowest BCUT2D eigenvalue weighted by Crippen LogP contribution is -2.03. The molecule has 0 N–H and O–H groups in total. The van der Waals surface area contributed by atoms with E-state index in [1.54, 1.807) is 24.2 Å². The van der Waals surface area contributed by atoms with Gasteiger partial charge in [-0.3, -0.25) is 4.57 Å². The maximum atomic E-state index is 6.17. The fourth-order valence-electron chi connectivity index (χ4n) is 2.58. The molecule has 1 aromatic carbocycles. The van der Waals surface area contributed by atoms with Gasteiger partial charge in [0.05, 0.1) is 12.8 Å². The van der Waals surface area contributed by atoms with E-state index in [-0.39, 0.29) is 0 Å². The number of benzene rings is 1. The van der Waals surface area contributed by atoms with Crippen molar-refractivity contribution in [3.8, 4) is 11.4 Å². The Labute approximate surface area is 170 Å². The van der Waals surface area contributed by atoms with Gasteiger partial charge in [0.1, 0.15) is 10.9 Å². The van der Waals surface area contributed by atoms with Crippen LogP contribution in [0.5, 0.6) is 0 Å². The van der Waals surface area contributed by atoms with Crippen molar-refractivity contribution >= 4 is 35.0 Å². The first kappa shape index (κ1) is 18.1. The molecule has 0 saturated heterocycles. The van der Waals surface area contributed by atoms with Gasteiger partial charge in [-0.15, -0.1) is 10.2 Å². The normalized spacial score (nSPS) is 11.0. The predicted octanol–water partition coefficient (Wildman–Crippen LogP) is 5.58. The molecule has 8 heteroatoms. The zero-order valence-electron chi connectivity index (χ0n) is 14.0. The molecule has 3 aromatic heterocycles. The van der Waals surface area contributed by atoms with Gasteiger partial charge in [-0.1, -0.05) is 41.0 Å². The number of furan rings is 1. The van der Waals surface area contributed by atoms with Gasteiger partial charge in [-0.25, -0.2) is 4.98 Å². The highest BCUT2D eigenvalue weighted by molar-refractivity contribution is 7.98. The van der Waals surface area contributed by atoms with Crippen LogP contribution in [-0.2, 0) is 12.3 Å². The number of thioether (sulfide) groups is 1. The van der Waals surface area contributed by atoms with E-state index in [0.717, 1.165) is 27.9 Å². The van der Waals surface area contributed by atoms with Crippen LogP contribution >= 0.6 is 35.0 Å². The Hall–Kier alpha value is -2.28. The maximum Gasteiger partial charge on any atom is 0.192 e. The van der Waals surface area contributed by atoms with Gasteiger partial charge < -0.3 is 4.42 Å². The molecule has 0 aliphatic rings. The molecule has 0 radical (unpaired) electrons. The molecular weight excluding hydrogens is 403 g/mol. The van der Waals surface area contributed by atoms with Gasteiger partial charge in [-0.05, 0) is 48.0 Å². The lowest BCUT2D eigenvalue weighted by Gasteiger charge is -2.09. The third-order valence-corrected chi connectivity index (χ3v) is 5.51. The van der Waals surface area contributed by atoms with Gasteiger partial charge in [0.25, 0.3) is 0 Å². The highest BCUT2D eigenvalue weighted by Crippen LogP contribution is 2.29. The van der Waals surface area contributed by atoms with E-state index in [4.69, 9.17) is 27.6 Å². The lowest BCUT2D eigenvalue weighted by atomic mass is 10.2. The van der Waals surface area contributed by atoms with Crippen molar-refractivity contribution in [1.82, 2.24) is 19.7 Å². The number of rotatable bonds is 6. The summed E-state index contributed by atoms with van der Waals surface area (Å²) in [4.78, 5) is 4.12. The Bertz CT molecular complexity index is 1030. The maximum absolute atomic E-state index is 6.17. The van der Waals surface area contributed by atoms with E-state index in [1.165, 1.54) is 0 Å². The predicted molar refractivity (Wildman–Crippen MR) is 107 cm³/mol. The molecule has 4 rings (SSSR count). The average molecular weight is 417 g/mol. The summed E-state index contributed by atoms with van der Waals surface area (Å²) in [5.74, 6) is 2.22. The molecule has 0 aliphatic carbocycles. The van der Waals surface area contributed by atoms with Crippen LogP contribution < -0.4 is 0 Å². The molecular formula is C19H14Cl2N4OS. The van der Waals surface area contributed by atoms with Crippen LogP contribution in [0.1, 0.15) is 11.3 Å². The number of pyridine rings is 1. The first-order valence-corrected chi connectivity index (χ1v) is 9.88. The molecule has 0 unspecified atom stereocenters. The number of aromatic nitrogens is 4. The standard InChI is InChI=1S/C19H14Cl2N4OS/c20-15-7-5-13(6-8-15)18-23-24-19(25(18)11-16-4-2-10-26-16)27-12-14-3-1-9-22-17(14)21/h1-10H,11-12H2. The zero-order chi connectivity index (χ0) is 18.6. The Morgan fingerprint density at radius 2 is 1.85 bits per heavy atom. The van der Waals surface area contributed by atoms with Gasteiger partial charge >= 0.3 is 0 Å². The highest BCUT2D eigenvalue weighted by atomic mass is 35.5. The zero-order valence-corrected chi connectivity index (χ0v) is 16.4. The van der Waals surface area contributed by atoms with Crippen LogP contribution in [0.2, 0.25) is 10.2 Å². The third kappa shape index (κ3) is 4.18. The van der Waals surface area contributed by atoms with Crippen LogP contribution in [0.15, 0.2) is 70.6 Å². The summed E-state index contributed by atoms with van der Waals surface area (Å²) < 4.78 is 7.54. The molecule has 0 aliphatic heterocycles. The molecule has 0 amide bonds. The highest BCUT2D eigenvalue weighted by Gasteiger charge is 2.16. The summed E-state index contributed by atoms with van der Waals surface area (Å²) in [7, 11) is 0. The molecule has 0 atom stereocenters. The van der Waals surface area contributed by atoms with Crippen LogP contribution in [0.25, 0.3) is 11.4 Å². The topological polar surface area (TPSA) is 56.7 Å². The molecule has 0 spiro atoms. The molecule has 0 fully saturated rings. The van der Waals surface area contributed by atoms with Crippen LogP contribution in [0, 0.1) is 0 Å². The van der Waals surface area contributed by atoms with Gasteiger partial charge in [0, 0.05) is 22.5 Å². The second-order valence-corrected chi connectivity index (χ2v) is 7.46. The molecule has 3 heterocycles. The van der Waals surface area contributed by atoms with Gasteiger partial charge in [-0.2, -0.15) is 0 Å². The van der Waals surface area contributed by atoms with Crippen LogP contribution in [0.3, 0.4) is 0 Å². The van der Waals surface area contributed by atoms with E-state index in [1.807, 2.05) is 53.1 Å². The van der Waals surface area contributed by atoms with Crippen molar-refractivity contribution in [2.45, 2.75) is 17.5 Å². The Kier molecular flexibility index (Phi) is 5.48. The van der Waals surface area contributed by atoms with Crippen molar-refractivity contribution < 1.29 is 4.42 Å². The number of nitrogens with zero attached hydrogens (tertiary/aromatic N) is 4. The van der Waals surface area contributed by atoms with E-state index >= 15 is 0 Å². The summed E-state index contributed by atoms with van der Waals surface area (Å²) in [5, 5.41) is 10.7. The quantitative estimate of drug-likeness (QED) is 0.303. The van der Waals surface area contributed by atoms with Gasteiger partial charge in [0.15, 0.2) is 11.0 Å². The van der Waals surface area contributed by atoms with Crippen molar-refractivity contribution in [3.63, 3.8) is 0 Å².